The van der Waals surface area contributed by atoms with E-state index in [0.717, 1.165) is 19.6 Å². The number of hydrogen-bond donors (Lipinski definition) is 1. The van der Waals surface area contributed by atoms with E-state index in [1.165, 1.54) is 30.6 Å². The monoisotopic (exact) mass is 310 g/mol. The van der Waals surface area contributed by atoms with Crippen molar-refractivity contribution in [3.8, 4) is 0 Å². The highest BCUT2D eigenvalue weighted by atomic mass is 32.2. The van der Waals surface area contributed by atoms with E-state index in [4.69, 9.17) is 0 Å². The van der Waals surface area contributed by atoms with Gasteiger partial charge < -0.3 is 10.2 Å². The minimum Gasteiger partial charge on any atom is -0.334 e. The van der Waals surface area contributed by atoms with Crippen LogP contribution in [0.3, 0.4) is 0 Å². The van der Waals surface area contributed by atoms with Gasteiger partial charge in [0.25, 0.3) is 0 Å². The van der Waals surface area contributed by atoms with Crippen LogP contribution in [0.25, 0.3) is 0 Å². The molecule has 0 spiro atoms. The van der Waals surface area contributed by atoms with E-state index in [-0.39, 0.29) is 0 Å². The number of thiophene rings is 1. The number of nitrogens with one attached hydrogen (secondary N) is 1. The van der Waals surface area contributed by atoms with Crippen molar-refractivity contribution >= 4 is 29.0 Å². The van der Waals surface area contributed by atoms with Crippen molar-refractivity contribution in [1.29, 1.82) is 0 Å². The second-order valence-electron chi connectivity index (χ2n) is 5.59. The third-order valence-corrected chi connectivity index (χ3v) is 6.16. The summed E-state index contributed by atoms with van der Waals surface area (Å²) in [6, 6.07) is 4.71. The second kappa shape index (κ2) is 6.96. The largest absolute Gasteiger partial charge is 0.334 e. The van der Waals surface area contributed by atoms with Gasteiger partial charge >= 0.3 is 0 Å². The fourth-order valence-corrected chi connectivity index (χ4v) is 4.43. The molecule has 0 radical (unpaired) electrons. The Morgan fingerprint density at radius 2 is 2.15 bits per heavy atom. The van der Waals surface area contributed by atoms with E-state index in [0.29, 0.717) is 23.0 Å². The van der Waals surface area contributed by atoms with Gasteiger partial charge in [-0.2, -0.15) is 0 Å². The maximum Gasteiger partial charge on any atom is 0.233 e. The molecule has 1 saturated carbocycles. The Bertz CT molecular complexity index is 425. The Morgan fingerprint density at radius 3 is 2.80 bits per heavy atom. The fraction of sp³-hybridized carbons (Fsp3) is 0.667. The third-order valence-electron chi connectivity index (χ3n) is 3.94. The molecule has 3 nitrogen and oxygen atoms in total. The molecular formula is C15H22N2OS2. The number of hydrogen-bond acceptors (Lipinski definition) is 4. The molecule has 1 N–H and O–H groups in total. The Morgan fingerprint density at radius 1 is 1.35 bits per heavy atom. The molecule has 0 unspecified atom stereocenters. The summed E-state index contributed by atoms with van der Waals surface area (Å²) in [5.74, 6) is 0.997. The normalized spacial score (nSPS) is 20.0. The zero-order valence-electron chi connectivity index (χ0n) is 11.7. The Labute approximate surface area is 129 Å². The number of rotatable bonds is 6. The SMILES string of the molecule is O=C(CSC1CCNCC1)N(Cc1cccs1)C1CC1. The van der Waals surface area contributed by atoms with Crippen molar-refractivity contribution in [3.05, 3.63) is 22.4 Å². The number of amides is 1. The first-order valence-electron chi connectivity index (χ1n) is 7.47. The lowest BCUT2D eigenvalue weighted by atomic mass is 10.2. The van der Waals surface area contributed by atoms with E-state index in [9.17, 15) is 4.79 Å². The van der Waals surface area contributed by atoms with Crippen LogP contribution < -0.4 is 5.32 Å². The average molecular weight is 310 g/mol. The summed E-state index contributed by atoms with van der Waals surface area (Å²) in [5.41, 5.74) is 0. The van der Waals surface area contributed by atoms with Crippen molar-refractivity contribution in [2.75, 3.05) is 18.8 Å². The van der Waals surface area contributed by atoms with Crippen LogP contribution in [-0.2, 0) is 11.3 Å². The third kappa shape index (κ3) is 3.99. The lowest BCUT2D eigenvalue weighted by Crippen LogP contribution is -2.35. The highest BCUT2D eigenvalue weighted by Gasteiger charge is 2.32. The summed E-state index contributed by atoms with van der Waals surface area (Å²) in [5, 5.41) is 6.14. The number of nitrogens with zero attached hydrogens (tertiary/aromatic N) is 1. The smallest absolute Gasteiger partial charge is 0.233 e. The molecule has 3 rings (SSSR count). The van der Waals surface area contributed by atoms with Crippen LogP contribution in [0.2, 0.25) is 0 Å². The van der Waals surface area contributed by atoms with E-state index >= 15 is 0 Å². The molecule has 1 aliphatic heterocycles. The van der Waals surface area contributed by atoms with Gasteiger partial charge in [-0.25, -0.2) is 0 Å². The first-order chi connectivity index (χ1) is 9.83. The van der Waals surface area contributed by atoms with Crippen LogP contribution >= 0.6 is 23.1 Å². The summed E-state index contributed by atoms with van der Waals surface area (Å²) in [7, 11) is 0. The minimum atomic E-state index is 0.337. The minimum absolute atomic E-state index is 0.337. The van der Waals surface area contributed by atoms with Crippen LogP contribution in [0.1, 0.15) is 30.6 Å². The molecule has 0 bridgehead atoms. The molecule has 1 saturated heterocycles. The highest BCUT2D eigenvalue weighted by molar-refractivity contribution is 8.00. The summed E-state index contributed by atoms with van der Waals surface area (Å²) in [6.07, 6.45) is 4.78. The van der Waals surface area contributed by atoms with Crippen LogP contribution in [-0.4, -0.2) is 40.9 Å². The van der Waals surface area contributed by atoms with Gasteiger partial charge in [-0.1, -0.05) is 6.07 Å². The Kier molecular flexibility index (Phi) is 5.02. The molecular weight excluding hydrogens is 288 g/mol. The van der Waals surface area contributed by atoms with Gasteiger partial charge in [0, 0.05) is 16.2 Å². The van der Waals surface area contributed by atoms with Crippen molar-refractivity contribution in [3.63, 3.8) is 0 Å². The summed E-state index contributed by atoms with van der Waals surface area (Å²) in [4.78, 5) is 15.9. The number of carbonyl (C=O) groups excluding carboxylic acids is 1. The topological polar surface area (TPSA) is 32.3 Å². The first kappa shape index (κ1) is 14.4. The van der Waals surface area contributed by atoms with E-state index < -0.39 is 0 Å². The Balaban J connectivity index is 1.50. The van der Waals surface area contributed by atoms with Gasteiger partial charge in [-0.15, -0.1) is 23.1 Å². The standard InChI is InChI=1S/C15H22N2OS2/c18-15(11-20-13-5-7-16-8-6-13)17(12-3-4-12)10-14-2-1-9-19-14/h1-2,9,12-13,16H,3-8,10-11H2. The summed E-state index contributed by atoms with van der Waals surface area (Å²) >= 11 is 3.61. The fourth-order valence-electron chi connectivity index (χ4n) is 2.61. The molecule has 20 heavy (non-hydrogen) atoms. The van der Waals surface area contributed by atoms with Gasteiger partial charge in [0.05, 0.1) is 12.3 Å². The molecule has 0 aromatic carbocycles. The van der Waals surface area contributed by atoms with Crippen LogP contribution in [0.4, 0.5) is 0 Å². The average Bonchev–Trinajstić information content (AvgIpc) is 3.20. The predicted molar refractivity (Wildman–Crippen MR) is 86.2 cm³/mol. The zero-order valence-corrected chi connectivity index (χ0v) is 13.3. The Hall–Kier alpha value is -0.520. The maximum absolute atomic E-state index is 12.5. The van der Waals surface area contributed by atoms with Gasteiger partial charge in [-0.3, -0.25) is 4.79 Å². The van der Waals surface area contributed by atoms with E-state index in [1.807, 2.05) is 11.8 Å². The zero-order chi connectivity index (χ0) is 13.8. The molecule has 5 heteroatoms. The molecule has 2 fully saturated rings. The molecule has 0 atom stereocenters. The van der Waals surface area contributed by atoms with E-state index in [2.05, 4.69) is 27.7 Å². The van der Waals surface area contributed by atoms with Gasteiger partial charge in [-0.05, 0) is 50.2 Å². The van der Waals surface area contributed by atoms with Crippen LogP contribution in [0, 0.1) is 0 Å². The molecule has 1 aromatic rings. The van der Waals surface area contributed by atoms with Crippen molar-refractivity contribution in [1.82, 2.24) is 10.2 Å². The first-order valence-corrected chi connectivity index (χ1v) is 9.40. The highest BCUT2D eigenvalue weighted by Crippen LogP contribution is 2.30. The quantitative estimate of drug-likeness (QED) is 0.877. The van der Waals surface area contributed by atoms with Gasteiger partial charge in [0.2, 0.25) is 5.91 Å². The number of piperidine rings is 1. The lowest BCUT2D eigenvalue weighted by Gasteiger charge is -2.25. The second-order valence-corrected chi connectivity index (χ2v) is 7.91. The van der Waals surface area contributed by atoms with Gasteiger partial charge in [0.1, 0.15) is 0 Å². The molecule has 1 amide bonds. The molecule has 2 aliphatic rings. The van der Waals surface area contributed by atoms with E-state index in [1.54, 1.807) is 11.3 Å². The predicted octanol–water partition coefficient (Wildman–Crippen LogP) is 2.72. The summed E-state index contributed by atoms with van der Waals surface area (Å²) in [6.45, 7) is 3.02. The van der Waals surface area contributed by atoms with Crippen molar-refractivity contribution in [2.45, 2.75) is 43.5 Å². The molecule has 110 valence electrons. The molecule has 1 aromatic heterocycles. The maximum atomic E-state index is 12.5. The number of carbonyl (C=O) groups is 1. The summed E-state index contributed by atoms with van der Waals surface area (Å²) < 4.78 is 0. The molecule has 2 heterocycles. The molecule has 1 aliphatic carbocycles. The van der Waals surface area contributed by atoms with Gasteiger partial charge in [0.15, 0.2) is 0 Å². The van der Waals surface area contributed by atoms with Crippen LogP contribution in [0.5, 0.6) is 0 Å². The van der Waals surface area contributed by atoms with Crippen LogP contribution in [0.15, 0.2) is 17.5 Å². The number of thioether (sulfide) groups is 1. The van der Waals surface area contributed by atoms with Crippen molar-refractivity contribution in [2.24, 2.45) is 0 Å². The lowest BCUT2D eigenvalue weighted by molar-refractivity contribution is -0.129. The van der Waals surface area contributed by atoms with Crippen molar-refractivity contribution < 1.29 is 4.79 Å².